The van der Waals surface area contributed by atoms with Crippen LogP contribution in [-0.4, -0.2) is 33.3 Å². The van der Waals surface area contributed by atoms with Crippen LogP contribution in [0.15, 0.2) is 49.3 Å². The molecule has 1 N–H and O–H groups in total. The number of carboxylic acids is 1. The van der Waals surface area contributed by atoms with Gasteiger partial charge < -0.3 is 18.7 Å². The third-order valence-corrected chi connectivity index (χ3v) is 4.36. The first kappa shape index (κ1) is 19.5. The summed E-state index contributed by atoms with van der Waals surface area (Å²) in [4.78, 5) is 21.2. The molecule has 10 nitrogen and oxygen atoms in total. The number of furan rings is 1. The predicted octanol–water partition coefficient (Wildman–Crippen LogP) is 4.12. The monoisotopic (exact) mass is 423 g/mol. The van der Waals surface area contributed by atoms with Gasteiger partial charge in [-0.15, -0.1) is 10.2 Å². The van der Waals surface area contributed by atoms with Gasteiger partial charge in [0.1, 0.15) is 21.3 Å². The minimum Gasteiger partial charge on any atom is -0.496 e. The van der Waals surface area contributed by atoms with E-state index in [1.165, 1.54) is 13.2 Å². The van der Waals surface area contributed by atoms with E-state index >= 15 is 0 Å². The van der Waals surface area contributed by atoms with Crippen molar-refractivity contribution in [2.75, 3.05) is 7.11 Å². The van der Waals surface area contributed by atoms with Gasteiger partial charge in [0, 0.05) is 11.1 Å². The molecule has 0 saturated carbocycles. The number of aliphatic carboxylic acids is 1. The third-order valence-electron chi connectivity index (χ3n) is 3.27. The highest BCUT2D eigenvalue weighted by Crippen LogP contribution is 2.35. The van der Waals surface area contributed by atoms with Gasteiger partial charge in [-0.05, 0) is 36.0 Å². The molecule has 3 aromatic rings. The molecule has 1 aromatic carbocycles. The van der Waals surface area contributed by atoms with E-state index in [1.54, 1.807) is 18.2 Å². The number of aromatic nitrogens is 2. The second-order valence-corrected chi connectivity index (χ2v) is 6.50. The quantitative estimate of drug-likeness (QED) is 0.255. The number of ether oxygens (including phenoxy) is 1. The smallest absolute Gasteiger partial charge is 0.433 e. The standard InChI is InChI=1S/C16H10ClN3O7S/c1-25-11-4-2-8(17)6-10(11)14-18-19-16(27-14)28-12(15(21)22)7-9-3-5-13(26-9)20(23)24/h2-7H,1H3,(H,21,22)/b12-7-. The van der Waals surface area contributed by atoms with E-state index in [-0.39, 0.29) is 21.8 Å². The lowest BCUT2D eigenvalue weighted by molar-refractivity contribution is -0.402. The Morgan fingerprint density at radius 1 is 1.32 bits per heavy atom. The first-order chi connectivity index (χ1) is 13.4. The highest BCUT2D eigenvalue weighted by molar-refractivity contribution is 8.03. The largest absolute Gasteiger partial charge is 0.496 e. The summed E-state index contributed by atoms with van der Waals surface area (Å²) in [6, 6.07) is 7.22. The summed E-state index contributed by atoms with van der Waals surface area (Å²) in [7, 11) is 1.46. The molecular weight excluding hydrogens is 414 g/mol. The number of benzene rings is 1. The van der Waals surface area contributed by atoms with E-state index in [0.29, 0.717) is 28.1 Å². The van der Waals surface area contributed by atoms with E-state index in [2.05, 4.69) is 10.2 Å². The number of nitrogens with zero attached hydrogens (tertiary/aromatic N) is 3. The van der Waals surface area contributed by atoms with Crippen molar-refractivity contribution in [3.05, 3.63) is 56.1 Å². The molecule has 0 aliphatic carbocycles. The first-order valence-electron chi connectivity index (χ1n) is 7.42. The van der Waals surface area contributed by atoms with Crippen molar-refractivity contribution in [3.8, 4) is 17.2 Å². The Bertz CT molecular complexity index is 1080. The minimum atomic E-state index is -1.30. The zero-order valence-corrected chi connectivity index (χ0v) is 15.6. The summed E-state index contributed by atoms with van der Waals surface area (Å²) in [5.41, 5.74) is 0.442. The maximum Gasteiger partial charge on any atom is 0.433 e. The molecule has 28 heavy (non-hydrogen) atoms. The van der Waals surface area contributed by atoms with Crippen molar-refractivity contribution >= 4 is 41.3 Å². The fourth-order valence-corrected chi connectivity index (χ4v) is 2.91. The number of nitro groups is 1. The first-order valence-corrected chi connectivity index (χ1v) is 8.61. The van der Waals surface area contributed by atoms with E-state index in [1.807, 2.05) is 0 Å². The van der Waals surface area contributed by atoms with Gasteiger partial charge in [0.05, 0.1) is 18.7 Å². The Labute approximate surface area is 165 Å². The van der Waals surface area contributed by atoms with Crippen LogP contribution in [0.5, 0.6) is 5.75 Å². The molecule has 0 spiro atoms. The number of hydrogen-bond acceptors (Lipinski definition) is 9. The number of hydrogen-bond donors (Lipinski definition) is 1. The number of halogens is 1. The normalized spacial score (nSPS) is 11.4. The van der Waals surface area contributed by atoms with Crippen molar-refractivity contribution in [3.63, 3.8) is 0 Å². The molecule has 12 heteroatoms. The van der Waals surface area contributed by atoms with E-state index in [9.17, 15) is 20.0 Å². The lowest BCUT2D eigenvalue weighted by atomic mass is 10.2. The molecule has 0 radical (unpaired) electrons. The van der Waals surface area contributed by atoms with Crippen molar-refractivity contribution in [1.82, 2.24) is 10.2 Å². The van der Waals surface area contributed by atoms with Gasteiger partial charge in [-0.25, -0.2) is 4.79 Å². The molecule has 2 heterocycles. The van der Waals surface area contributed by atoms with Gasteiger partial charge in [-0.3, -0.25) is 10.1 Å². The van der Waals surface area contributed by atoms with Crippen molar-refractivity contribution < 1.29 is 28.4 Å². The highest BCUT2D eigenvalue weighted by Gasteiger charge is 2.19. The predicted molar refractivity (Wildman–Crippen MR) is 98.1 cm³/mol. The van der Waals surface area contributed by atoms with Crippen molar-refractivity contribution in [2.45, 2.75) is 5.22 Å². The molecule has 2 aromatic heterocycles. The third kappa shape index (κ3) is 4.32. The molecular formula is C16H10ClN3O7S. The average molecular weight is 424 g/mol. The molecule has 3 rings (SSSR count). The maximum atomic E-state index is 11.5. The average Bonchev–Trinajstić information content (AvgIpc) is 3.30. The van der Waals surface area contributed by atoms with E-state index < -0.39 is 16.8 Å². The van der Waals surface area contributed by atoms with E-state index in [4.69, 9.17) is 25.2 Å². The molecule has 144 valence electrons. The summed E-state index contributed by atoms with van der Waals surface area (Å²) in [6.45, 7) is 0. The van der Waals surface area contributed by atoms with Crippen LogP contribution >= 0.6 is 23.4 Å². The molecule has 0 aliphatic heterocycles. The van der Waals surface area contributed by atoms with Crippen LogP contribution in [0.1, 0.15) is 5.76 Å². The fourth-order valence-electron chi connectivity index (χ4n) is 2.08. The van der Waals surface area contributed by atoms with Gasteiger partial charge in [0.25, 0.3) is 11.1 Å². The van der Waals surface area contributed by atoms with Crippen LogP contribution in [0.25, 0.3) is 17.5 Å². The molecule has 0 unspecified atom stereocenters. The van der Waals surface area contributed by atoms with Gasteiger partial charge in [0.2, 0.25) is 0 Å². The van der Waals surface area contributed by atoms with E-state index in [0.717, 1.165) is 12.1 Å². The molecule has 0 saturated heterocycles. The SMILES string of the molecule is COc1ccc(Cl)cc1-c1nnc(S/C(=C\c2ccc([N+](=O)[O-])o2)C(=O)O)o1. The fraction of sp³-hybridized carbons (Fsp3) is 0.0625. The molecule has 0 atom stereocenters. The summed E-state index contributed by atoms with van der Waals surface area (Å²) < 4.78 is 15.6. The summed E-state index contributed by atoms with van der Waals surface area (Å²) >= 11 is 6.64. The highest BCUT2D eigenvalue weighted by atomic mass is 35.5. The van der Waals surface area contributed by atoms with Gasteiger partial charge >= 0.3 is 11.9 Å². The van der Waals surface area contributed by atoms with Crippen LogP contribution < -0.4 is 4.74 Å². The second-order valence-electron chi connectivity index (χ2n) is 5.07. The minimum absolute atomic E-state index is 0.00662. The number of carboxylic acid groups (broad SMARTS) is 1. The molecule has 0 fully saturated rings. The van der Waals surface area contributed by atoms with Crippen LogP contribution in [0.2, 0.25) is 5.02 Å². The van der Waals surface area contributed by atoms with Crippen LogP contribution in [0.3, 0.4) is 0 Å². The van der Waals surface area contributed by atoms with Gasteiger partial charge in [-0.1, -0.05) is 11.6 Å². The number of carbonyl (C=O) groups is 1. The van der Waals surface area contributed by atoms with Crippen molar-refractivity contribution in [2.24, 2.45) is 0 Å². The van der Waals surface area contributed by atoms with Gasteiger partial charge in [-0.2, -0.15) is 0 Å². The van der Waals surface area contributed by atoms with Crippen molar-refractivity contribution in [1.29, 1.82) is 0 Å². The number of methoxy groups -OCH3 is 1. The van der Waals surface area contributed by atoms with Crippen LogP contribution in [-0.2, 0) is 4.79 Å². The number of rotatable bonds is 7. The topological polar surface area (TPSA) is 142 Å². The number of thioether (sulfide) groups is 1. The molecule has 0 aliphatic rings. The Hall–Kier alpha value is -3.31. The Balaban J connectivity index is 1.87. The summed E-state index contributed by atoms with van der Waals surface area (Å²) in [6.07, 6.45) is 1.11. The maximum absolute atomic E-state index is 11.5. The lowest BCUT2D eigenvalue weighted by Crippen LogP contribution is -1.96. The van der Waals surface area contributed by atoms with Crippen LogP contribution in [0.4, 0.5) is 5.88 Å². The Morgan fingerprint density at radius 2 is 2.11 bits per heavy atom. The second kappa shape index (κ2) is 8.15. The zero-order chi connectivity index (χ0) is 20.3. The molecule has 0 bridgehead atoms. The zero-order valence-electron chi connectivity index (χ0n) is 14.0. The van der Waals surface area contributed by atoms with Crippen LogP contribution in [0, 0.1) is 10.1 Å². The Morgan fingerprint density at radius 3 is 2.75 bits per heavy atom. The summed E-state index contributed by atoms with van der Waals surface area (Å²) in [5, 5.41) is 28.1. The van der Waals surface area contributed by atoms with Gasteiger partial charge in [0.15, 0.2) is 0 Å². The molecule has 0 amide bonds. The summed E-state index contributed by atoms with van der Waals surface area (Å²) in [5.74, 6) is -1.28. The Kier molecular flexibility index (Phi) is 5.66. The lowest BCUT2D eigenvalue weighted by Gasteiger charge is -2.04.